The third kappa shape index (κ3) is 2.52. The summed E-state index contributed by atoms with van der Waals surface area (Å²) in [5.41, 5.74) is 20.8. The van der Waals surface area contributed by atoms with E-state index < -0.39 is 0 Å². The third-order valence-electron chi connectivity index (χ3n) is 12.4. The number of nitrogens with zero attached hydrogens (tertiary/aromatic N) is 1. The molecule has 11 rings (SSSR count). The van der Waals surface area contributed by atoms with Crippen LogP contribution >= 0.6 is 0 Å². The number of hydrogen-bond acceptors (Lipinski definition) is 0. The summed E-state index contributed by atoms with van der Waals surface area (Å²) >= 11 is 0. The molecule has 0 spiro atoms. The van der Waals surface area contributed by atoms with Gasteiger partial charge in [0.25, 0.3) is 0 Å². The van der Waals surface area contributed by atoms with Crippen LogP contribution in [0, 0.1) is 0 Å². The lowest BCUT2D eigenvalue weighted by molar-refractivity contribution is 0.662. The smallest absolute Gasteiger partial charge is 0.0624 e. The first-order valence-electron chi connectivity index (χ1n) is 16.8. The zero-order chi connectivity index (χ0) is 31.1. The minimum atomic E-state index is -0.117. The Labute approximate surface area is 269 Å². The first-order valence-corrected chi connectivity index (χ1v) is 16.8. The second-order valence-electron chi connectivity index (χ2n) is 15.7. The van der Waals surface area contributed by atoms with Crippen molar-refractivity contribution in [2.45, 2.75) is 57.8 Å². The van der Waals surface area contributed by atoms with E-state index in [9.17, 15) is 0 Å². The predicted molar refractivity (Wildman–Crippen MR) is 194 cm³/mol. The van der Waals surface area contributed by atoms with E-state index in [0.717, 1.165) is 0 Å². The molecular formula is C45H35N. The maximum atomic E-state index is 2.65. The first-order chi connectivity index (χ1) is 22.1. The van der Waals surface area contributed by atoms with Crippen LogP contribution in [-0.4, -0.2) is 4.40 Å². The van der Waals surface area contributed by atoms with Crippen molar-refractivity contribution in [3.05, 3.63) is 137 Å². The fraction of sp³-hybridized carbons (Fsp3) is 0.200. The molecule has 1 heteroatoms. The van der Waals surface area contributed by atoms with Crippen molar-refractivity contribution < 1.29 is 0 Å². The van der Waals surface area contributed by atoms with Crippen molar-refractivity contribution in [2.24, 2.45) is 0 Å². The lowest BCUT2D eigenvalue weighted by atomic mass is 9.76. The maximum absolute atomic E-state index is 2.65. The number of hydrogen-bond donors (Lipinski definition) is 0. The summed E-state index contributed by atoms with van der Waals surface area (Å²) in [5.74, 6) is 0. The molecule has 0 atom stereocenters. The summed E-state index contributed by atoms with van der Waals surface area (Å²) in [6.45, 7) is 14.6. The Bertz CT molecular complexity index is 2710. The highest BCUT2D eigenvalue weighted by Crippen LogP contribution is 2.61. The predicted octanol–water partition coefficient (Wildman–Crippen LogP) is 11.8. The van der Waals surface area contributed by atoms with Gasteiger partial charge in [0.15, 0.2) is 0 Å². The Hall–Kier alpha value is -4.88. The van der Waals surface area contributed by atoms with Crippen molar-refractivity contribution in [3.63, 3.8) is 0 Å². The van der Waals surface area contributed by atoms with Gasteiger partial charge in [0.2, 0.25) is 0 Å². The molecule has 8 aromatic rings. The van der Waals surface area contributed by atoms with Gasteiger partial charge in [0, 0.05) is 37.8 Å². The van der Waals surface area contributed by atoms with E-state index in [1.165, 1.54) is 105 Å². The van der Waals surface area contributed by atoms with E-state index in [1.54, 1.807) is 0 Å². The summed E-state index contributed by atoms with van der Waals surface area (Å²) in [7, 11) is 0. The zero-order valence-corrected chi connectivity index (χ0v) is 27.3. The first kappa shape index (κ1) is 25.3. The number of aromatic nitrogens is 1. The van der Waals surface area contributed by atoms with Crippen molar-refractivity contribution in [1.29, 1.82) is 0 Å². The molecular weight excluding hydrogens is 555 g/mol. The molecule has 3 aliphatic rings. The van der Waals surface area contributed by atoms with Gasteiger partial charge in [-0.05, 0) is 85.0 Å². The molecule has 0 unspecified atom stereocenters. The quantitative estimate of drug-likeness (QED) is 0.166. The average molecular weight is 590 g/mol. The van der Waals surface area contributed by atoms with E-state index in [-0.39, 0.29) is 16.2 Å². The lowest BCUT2D eigenvalue weighted by Gasteiger charge is -2.26. The van der Waals surface area contributed by atoms with E-state index >= 15 is 0 Å². The van der Waals surface area contributed by atoms with Gasteiger partial charge < -0.3 is 4.40 Å². The summed E-state index contributed by atoms with van der Waals surface area (Å²) < 4.78 is 2.65. The van der Waals surface area contributed by atoms with Crippen molar-refractivity contribution in [2.75, 3.05) is 0 Å². The molecule has 0 aliphatic heterocycles. The molecule has 0 N–H and O–H groups in total. The van der Waals surface area contributed by atoms with Gasteiger partial charge in [0.1, 0.15) is 0 Å². The fourth-order valence-electron chi connectivity index (χ4n) is 10.6. The molecule has 0 saturated heterocycles. The third-order valence-corrected chi connectivity index (χ3v) is 12.4. The molecule has 46 heavy (non-hydrogen) atoms. The normalized spacial score (nSPS) is 17.4. The molecule has 0 bridgehead atoms. The number of rotatable bonds is 0. The monoisotopic (exact) mass is 589 g/mol. The molecule has 220 valence electrons. The van der Waals surface area contributed by atoms with Gasteiger partial charge in [-0.1, -0.05) is 126 Å². The fourth-order valence-corrected chi connectivity index (χ4v) is 10.6. The van der Waals surface area contributed by atoms with Gasteiger partial charge >= 0.3 is 0 Å². The van der Waals surface area contributed by atoms with Crippen LogP contribution in [0.1, 0.15) is 74.9 Å². The Kier molecular flexibility index (Phi) is 4.16. The second-order valence-corrected chi connectivity index (χ2v) is 15.7. The molecule has 0 radical (unpaired) electrons. The minimum Gasteiger partial charge on any atom is -0.308 e. The Morgan fingerprint density at radius 3 is 1.33 bits per heavy atom. The van der Waals surface area contributed by atoms with E-state index in [4.69, 9.17) is 0 Å². The molecule has 0 fully saturated rings. The SMILES string of the molecule is CC1(C)c2ccccc2-c2ccc3c(c21)c1cc2c(c4c5c6c(ccc5n3c14)-c1ccccc1C6(C)C)C(C)(C)c1ccccc1-2. The number of benzene rings is 6. The average Bonchev–Trinajstić information content (AvgIpc) is 3.77. The van der Waals surface area contributed by atoms with E-state index in [2.05, 4.69) is 149 Å². The van der Waals surface area contributed by atoms with Crippen molar-refractivity contribution in [3.8, 4) is 33.4 Å². The van der Waals surface area contributed by atoms with Crippen molar-refractivity contribution in [1.82, 2.24) is 4.40 Å². The van der Waals surface area contributed by atoms with Crippen LogP contribution in [0.3, 0.4) is 0 Å². The van der Waals surface area contributed by atoms with Crippen LogP contribution in [0.2, 0.25) is 0 Å². The maximum Gasteiger partial charge on any atom is 0.0624 e. The summed E-state index contributed by atoms with van der Waals surface area (Å²) in [4.78, 5) is 0. The van der Waals surface area contributed by atoms with Crippen LogP contribution < -0.4 is 0 Å². The largest absolute Gasteiger partial charge is 0.308 e. The van der Waals surface area contributed by atoms with Gasteiger partial charge in [-0.2, -0.15) is 0 Å². The Morgan fingerprint density at radius 1 is 0.391 bits per heavy atom. The Morgan fingerprint density at radius 2 is 0.804 bits per heavy atom. The molecule has 2 heterocycles. The topological polar surface area (TPSA) is 4.41 Å². The zero-order valence-electron chi connectivity index (χ0n) is 27.3. The van der Waals surface area contributed by atoms with Gasteiger partial charge in [-0.25, -0.2) is 0 Å². The molecule has 2 aromatic heterocycles. The highest BCUT2D eigenvalue weighted by atomic mass is 14.9. The van der Waals surface area contributed by atoms with Gasteiger partial charge in [-0.3, -0.25) is 0 Å². The van der Waals surface area contributed by atoms with Crippen LogP contribution in [-0.2, 0) is 16.2 Å². The highest BCUT2D eigenvalue weighted by Gasteiger charge is 2.44. The van der Waals surface area contributed by atoms with E-state index in [1.807, 2.05) is 0 Å². The lowest BCUT2D eigenvalue weighted by Crippen LogP contribution is -2.17. The van der Waals surface area contributed by atoms with Gasteiger partial charge in [0.05, 0.1) is 16.6 Å². The Balaban J connectivity index is 1.42. The highest BCUT2D eigenvalue weighted by molar-refractivity contribution is 6.29. The molecule has 1 nitrogen and oxygen atoms in total. The van der Waals surface area contributed by atoms with Crippen LogP contribution in [0.25, 0.3) is 71.5 Å². The van der Waals surface area contributed by atoms with Crippen molar-refractivity contribution >= 4 is 38.1 Å². The second kappa shape index (κ2) is 7.56. The molecule has 0 amide bonds. The summed E-state index contributed by atoms with van der Waals surface area (Å²) in [6, 6.07) is 39.6. The minimum absolute atomic E-state index is 0.0928. The molecule has 3 aliphatic carbocycles. The van der Waals surface area contributed by atoms with Crippen LogP contribution in [0.4, 0.5) is 0 Å². The van der Waals surface area contributed by atoms with E-state index in [0.29, 0.717) is 0 Å². The van der Waals surface area contributed by atoms with Gasteiger partial charge in [-0.15, -0.1) is 0 Å². The molecule has 6 aromatic carbocycles. The van der Waals surface area contributed by atoms with Crippen LogP contribution in [0.5, 0.6) is 0 Å². The molecule has 0 saturated carbocycles. The standard InChI is InChI=1S/C45H35N/c1-43(2)31-16-10-7-13-24(31)27-19-21-34-36(39(27)43)30-23-29-26-15-9-12-18-33(26)45(5,6)41(29)38-37-35(46(34)42(30)38)22-20-28-25-14-8-11-17-32(25)44(3,4)40(28)37/h7-23H,1-6H3. The summed E-state index contributed by atoms with van der Waals surface area (Å²) in [5, 5.41) is 5.72. The summed E-state index contributed by atoms with van der Waals surface area (Å²) in [6.07, 6.45) is 0. The van der Waals surface area contributed by atoms with Crippen LogP contribution in [0.15, 0.2) is 103 Å². The number of fused-ring (bicyclic) bond motifs is 18.